The Hall–Kier alpha value is -2.15. The Morgan fingerprint density at radius 2 is 1.97 bits per heavy atom. The maximum absolute atomic E-state index is 12.7. The van der Waals surface area contributed by atoms with Gasteiger partial charge >= 0.3 is 0 Å². The molecule has 1 amide bonds. The van der Waals surface area contributed by atoms with E-state index in [2.05, 4.69) is 21.7 Å². The molecule has 2 aromatic heterocycles. The number of rotatable bonds is 5. The standard InChI is InChI=1S/C22H23ClN2O3S/c23-15-7-8-19-16(12-15)18(26)13-20(28-19)22(27)24-14-17(21-6-5-11-29-21)25-9-3-1-2-4-10-25/h5-8,11-13,17H,1-4,9-10,14H2,(H,24,27)/t17-/m1/s1. The quantitative estimate of drug-likeness (QED) is 0.628. The molecule has 0 spiro atoms. The lowest BCUT2D eigenvalue weighted by atomic mass is 10.1. The first kappa shape index (κ1) is 20.1. The van der Waals surface area contributed by atoms with Crippen LogP contribution in [0.3, 0.4) is 0 Å². The van der Waals surface area contributed by atoms with Crippen LogP contribution < -0.4 is 10.7 Å². The summed E-state index contributed by atoms with van der Waals surface area (Å²) in [6, 6.07) is 10.3. The van der Waals surface area contributed by atoms with Crippen LogP contribution in [0.5, 0.6) is 0 Å². The predicted octanol–water partition coefficient (Wildman–Crippen LogP) is 4.86. The van der Waals surface area contributed by atoms with Crippen LogP contribution in [-0.4, -0.2) is 30.4 Å². The number of fused-ring (bicyclic) bond motifs is 1. The number of thiophene rings is 1. The molecule has 1 aliphatic heterocycles. The molecule has 152 valence electrons. The predicted molar refractivity (Wildman–Crippen MR) is 117 cm³/mol. The minimum Gasteiger partial charge on any atom is -0.451 e. The largest absolute Gasteiger partial charge is 0.451 e. The van der Waals surface area contributed by atoms with Crippen molar-refractivity contribution in [2.75, 3.05) is 19.6 Å². The van der Waals surface area contributed by atoms with Crippen LogP contribution in [-0.2, 0) is 0 Å². The van der Waals surface area contributed by atoms with Crippen molar-refractivity contribution in [1.29, 1.82) is 0 Å². The summed E-state index contributed by atoms with van der Waals surface area (Å²) in [4.78, 5) is 28.8. The number of hydrogen-bond acceptors (Lipinski definition) is 5. The lowest BCUT2D eigenvalue weighted by Crippen LogP contribution is -2.38. The fourth-order valence-electron chi connectivity index (χ4n) is 3.81. The third-order valence-corrected chi connectivity index (χ3v) is 6.53. The Bertz CT molecular complexity index is 1040. The summed E-state index contributed by atoms with van der Waals surface area (Å²) in [6.45, 7) is 2.54. The maximum Gasteiger partial charge on any atom is 0.287 e. The second-order valence-electron chi connectivity index (χ2n) is 7.31. The Labute approximate surface area is 178 Å². The van der Waals surface area contributed by atoms with Gasteiger partial charge in [-0.2, -0.15) is 0 Å². The third-order valence-electron chi connectivity index (χ3n) is 5.32. The van der Waals surface area contributed by atoms with E-state index in [0.717, 1.165) is 13.1 Å². The highest BCUT2D eigenvalue weighted by Gasteiger charge is 2.24. The number of carbonyl (C=O) groups is 1. The molecule has 0 bridgehead atoms. The summed E-state index contributed by atoms with van der Waals surface area (Å²) < 4.78 is 5.67. The normalized spacial score (nSPS) is 16.4. The number of carbonyl (C=O) groups excluding carboxylic acids is 1. The van der Waals surface area contributed by atoms with E-state index in [0.29, 0.717) is 22.5 Å². The molecule has 1 fully saturated rings. The average Bonchev–Trinajstić information content (AvgIpc) is 3.11. The first-order chi connectivity index (χ1) is 14.1. The average molecular weight is 431 g/mol. The van der Waals surface area contributed by atoms with Crippen LogP contribution in [0, 0.1) is 0 Å². The zero-order valence-corrected chi connectivity index (χ0v) is 17.6. The molecule has 4 rings (SSSR count). The van der Waals surface area contributed by atoms with E-state index in [1.54, 1.807) is 29.5 Å². The molecule has 7 heteroatoms. The van der Waals surface area contributed by atoms with Gasteiger partial charge in [-0.3, -0.25) is 14.5 Å². The summed E-state index contributed by atoms with van der Waals surface area (Å²) in [5.41, 5.74) is 0.0793. The molecule has 5 nitrogen and oxygen atoms in total. The molecule has 0 saturated carbocycles. The Morgan fingerprint density at radius 3 is 2.69 bits per heavy atom. The van der Waals surface area contributed by atoms with E-state index in [1.165, 1.54) is 36.6 Å². The van der Waals surface area contributed by atoms with Crippen LogP contribution in [0.15, 0.2) is 51.0 Å². The van der Waals surface area contributed by atoms with Gasteiger partial charge in [-0.05, 0) is 55.6 Å². The van der Waals surface area contributed by atoms with E-state index in [1.807, 2.05) is 6.07 Å². The highest BCUT2D eigenvalue weighted by Crippen LogP contribution is 2.27. The van der Waals surface area contributed by atoms with Gasteiger partial charge in [-0.1, -0.05) is 30.5 Å². The van der Waals surface area contributed by atoms with Crippen molar-refractivity contribution in [2.24, 2.45) is 0 Å². The summed E-state index contributed by atoms with van der Waals surface area (Å²) >= 11 is 7.65. The second kappa shape index (κ2) is 9.11. The van der Waals surface area contributed by atoms with Crippen molar-refractivity contribution in [1.82, 2.24) is 10.2 Å². The molecular formula is C22H23ClN2O3S. The molecule has 1 aromatic carbocycles. The minimum absolute atomic E-state index is 0.0191. The number of amides is 1. The molecule has 0 unspecified atom stereocenters. The lowest BCUT2D eigenvalue weighted by molar-refractivity contribution is 0.0907. The molecule has 3 aromatic rings. The number of nitrogens with zero attached hydrogens (tertiary/aromatic N) is 1. The second-order valence-corrected chi connectivity index (χ2v) is 8.72. The number of likely N-dealkylation sites (tertiary alicyclic amines) is 1. The fraction of sp³-hybridized carbons (Fsp3) is 0.364. The summed E-state index contributed by atoms with van der Waals surface area (Å²) in [7, 11) is 0. The maximum atomic E-state index is 12.7. The van der Waals surface area contributed by atoms with E-state index < -0.39 is 0 Å². The van der Waals surface area contributed by atoms with E-state index in [4.69, 9.17) is 16.0 Å². The lowest BCUT2D eigenvalue weighted by Gasteiger charge is -2.30. The molecule has 1 saturated heterocycles. The van der Waals surface area contributed by atoms with Gasteiger partial charge in [0.15, 0.2) is 11.2 Å². The van der Waals surface area contributed by atoms with Crippen molar-refractivity contribution in [3.05, 3.63) is 67.7 Å². The van der Waals surface area contributed by atoms with Crippen LogP contribution in [0.1, 0.15) is 47.2 Å². The van der Waals surface area contributed by atoms with Crippen molar-refractivity contribution in [2.45, 2.75) is 31.7 Å². The monoisotopic (exact) mass is 430 g/mol. The number of halogens is 1. The smallest absolute Gasteiger partial charge is 0.287 e. The molecule has 1 N–H and O–H groups in total. The molecule has 1 aliphatic rings. The van der Waals surface area contributed by atoms with Crippen molar-refractivity contribution in [3.8, 4) is 0 Å². The van der Waals surface area contributed by atoms with E-state index in [-0.39, 0.29) is 23.1 Å². The van der Waals surface area contributed by atoms with Gasteiger partial charge in [0.25, 0.3) is 5.91 Å². The topological polar surface area (TPSA) is 62.6 Å². The van der Waals surface area contributed by atoms with Gasteiger partial charge in [-0.15, -0.1) is 11.3 Å². The first-order valence-electron chi connectivity index (χ1n) is 9.91. The molecular weight excluding hydrogens is 408 g/mol. The van der Waals surface area contributed by atoms with Crippen LogP contribution in [0.25, 0.3) is 11.0 Å². The van der Waals surface area contributed by atoms with Gasteiger partial charge in [0, 0.05) is 22.5 Å². The van der Waals surface area contributed by atoms with Crippen LogP contribution in [0.4, 0.5) is 0 Å². The van der Waals surface area contributed by atoms with Crippen molar-refractivity contribution >= 4 is 39.8 Å². The highest BCUT2D eigenvalue weighted by atomic mass is 35.5. The van der Waals surface area contributed by atoms with E-state index >= 15 is 0 Å². The Morgan fingerprint density at radius 1 is 1.17 bits per heavy atom. The molecule has 0 radical (unpaired) electrons. The SMILES string of the molecule is O=C(NC[C@H](c1cccs1)N1CCCCCC1)c1cc(=O)c2cc(Cl)ccc2o1. The summed E-state index contributed by atoms with van der Waals surface area (Å²) in [6.07, 6.45) is 4.87. The zero-order valence-electron chi connectivity index (χ0n) is 16.0. The fourth-order valence-corrected chi connectivity index (χ4v) is 4.85. The van der Waals surface area contributed by atoms with Gasteiger partial charge in [0.1, 0.15) is 5.58 Å². The number of hydrogen-bond donors (Lipinski definition) is 1. The number of nitrogens with one attached hydrogen (secondary N) is 1. The molecule has 29 heavy (non-hydrogen) atoms. The third kappa shape index (κ3) is 4.71. The van der Waals surface area contributed by atoms with Gasteiger partial charge in [0.05, 0.1) is 11.4 Å². The van der Waals surface area contributed by atoms with Crippen molar-refractivity contribution in [3.63, 3.8) is 0 Å². The minimum atomic E-state index is -0.379. The summed E-state index contributed by atoms with van der Waals surface area (Å²) in [5.74, 6) is -0.360. The Kier molecular flexibility index (Phi) is 6.33. The van der Waals surface area contributed by atoms with Crippen molar-refractivity contribution < 1.29 is 9.21 Å². The molecule has 0 aliphatic carbocycles. The summed E-state index contributed by atoms with van der Waals surface area (Å²) in [5, 5.41) is 5.87. The molecule has 3 heterocycles. The van der Waals surface area contributed by atoms with Crippen LogP contribution in [0.2, 0.25) is 5.02 Å². The van der Waals surface area contributed by atoms with Gasteiger partial charge < -0.3 is 9.73 Å². The molecule has 1 atom stereocenters. The number of benzene rings is 1. The first-order valence-corrected chi connectivity index (χ1v) is 11.2. The zero-order chi connectivity index (χ0) is 20.2. The van der Waals surface area contributed by atoms with Gasteiger partial charge in [0.2, 0.25) is 0 Å². The Balaban J connectivity index is 1.52. The van der Waals surface area contributed by atoms with Crippen LogP contribution >= 0.6 is 22.9 Å². The van der Waals surface area contributed by atoms with Gasteiger partial charge in [-0.25, -0.2) is 0 Å². The van der Waals surface area contributed by atoms with E-state index in [9.17, 15) is 9.59 Å². The highest BCUT2D eigenvalue weighted by molar-refractivity contribution is 7.10.